The van der Waals surface area contributed by atoms with E-state index in [1.807, 2.05) is 0 Å². The molecule has 0 saturated carbocycles. The molecule has 0 rings (SSSR count). The SMILES string of the molecule is CCCC=C(CCCC)NOC. The molecule has 2 heteroatoms. The minimum absolute atomic E-state index is 1.10. The molecule has 0 amide bonds. The van der Waals surface area contributed by atoms with Gasteiger partial charge in [0.1, 0.15) is 0 Å². The molecule has 1 N–H and O–H groups in total. The molecule has 0 bridgehead atoms. The first-order valence-corrected chi connectivity index (χ1v) is 4.83. The molecule has 0 spiro atoms. The monoisotopic (exact) mass is 171 g/mol. The molecule has 0 heterocycles. The smallest absolute Gasteiger partial charge is 0.0636 e. The first kappa shape index (κ1) is 11.5. The second-order valence-corrected chi connectivity index (χ2v) is 2.93. The molecule has 0 radical (unpaired) electrons. The van der Waals surface area contributed by atoms with Crippen LogP contribution in [0.15, 0.2) is 11.8 Å². The van der Waals surface area contributed by atoms with Gasteiger partial charge in [0, 0.05) is 5.70 Å². The molecule has 0 aliphatic rings. The third-order valence-corrected chi connectivity index (χ3v) is 1.71. The molecule has 0 atom stereocenters. The van der Waals surface area contributed by atoms with Crippen LogP contribution in [0, 0.1) is 0 Å². The Morgan fingerprint density at radius 3 is 2.58 bits per heavy atom. The van der Waals surface area contributed by atoms with E-state index in [9.17, 15) is 0 Å². The summed E-state index contributed by atoms with van der Waals surface area (Å²) < 4.78 is 0. The average Bonchev–Trinajstić information content (AvgIpc) is 2.10. The zero-order valence-corrected chi connectivity index (χ0v) is 8.52. The highest BCUT2D eigenvalue weighted by Gasteiger charge is 1.93. The molecule has 0 saturated heterocycles. The highest BCUT2D eigenvalue weighted by atomic mass is 16.6. The second-order valence-electron chi connectivity index (χ2n) is 2.93. The summed E-state index contributed by atoms with van der Waals surface area (Å²) in [5.74, 6) is 0. The highest BCUT2D eigenvalue weighted by molar-refractivity contribution is 4.96. The van der Waals surface area contributed by atoms with Crippen LogP contribution in [0.1, 0.15) is 46.0 Å². The molecule has 0 unspecified atom stereocenters. The first-order chi connectivity index (χ1) is 5.85. The van der Waals surface area contributed by atoms with Crippen molar-refractivity contribution in [3.05, 3.63) is 11.8 Å². The fraction of sp³-hybridized carbons (Fsp3) is 0.800. The van der Waals surface area contributed by atoms with E-state index in [0.29, 0.717) is 0 Å². The van der Waals surface area contributed by atoms with Crippen molar-refractivity contribution < 1.29 is 4.84 Å². The second kappa shape index (κ2) is 8.60. The topological polar surface area (TPSA) is 21.3 Å². The number of hydroxylamine groups is 1. The van der Waals surface area contributed by atoms with Gasteiger partial charge >= 0.3 is 0 Å². The lowest BCUT2D eigenvalue weighted by molar-refractivity contribution is 0.114. The Bertz CT molecular complexity index is 121. The molecular weight excluding hydrogens is 150 g/mol. The summed E-state index contributed by atoms with van der Waals surface area (Å²) in [5, 5.41) is 0. The average molecular weight is 171 g/mol. The van der Waals surface area contributed by atoms with Crippen molar-refractivity contribution in [3.63, 3.8) is 0 Å². The Morgan fingerprint density at radius 1 is 1.33 bits per heavy atom. The zero-order valence-electron chi connectivity index (χ0n) is 8.52. The van der Waals surface area contributed by atoms with E-state index in [4.69, 9.17) is 4.84 Å². The predicted octanol–water partition coefficient (Wildman–Crippen LogP) is 3.01. The third-order valence-electron chi connectivity index (χ3n) is 1.71. The fourth-order valence-electron chi connectivity index (χ4n) is 1.01. The van der Waals surface area contributed by atoms with Crippen LogP contribution in [-0.2, 0) is 4.84 Å². The maximum absolute atomic E-state index is 4.88. The minimum Gasteiger partial charge on any atom is -0.280 e. The van der Waals surface area contributed by atoms with Crippen molar-refractivity contribution >= 4 is 0 Å². The van der Waals surface area contributed by atoms with Crippen LogP contribution in [0.5, 0.6) is 0 Å². The van der Waals surface area contributed by atoms with Gasteiger partial charge in [0.25, 0.3) is 0 Å². The van der Waals surface area contributed by atoms with Crippen LogP contribution in [0.3, 0.4) is 0 Å². The lowest BCUT2D eigenvalue weighted by atomic mass is 10.2. The summed E-state index contributed by atoms with van der Waals surface area (Å²) in [6, 6.07) is 0. The highest BCUT2D eigenvalue weighted by Crippen LogP contribution is 2.05. The zero-order chi connectivity index (χ0) is 9.23. The van der Waals surface area contributed by atoms with Gasteiger partial charge in [-0.15, -0.1) is 0 Å². The van der Waals surface area contributed by atoms with Gasteiger partial charge in [0.05, 0.1) is 7.11 Å². The van der Waals surface area contributed by atoms with Crippen molar-refractivity contribution in [2.75, 3.05) is 7.11 Å². The molecule has 0 aromatic carbocycles. The van der Waals surface area contributed by atoms with Crippen LogP contribution < -0.4 is 5.48 Å². The number of unbranched alkanes of at least 4 members (excludes halogenated alkanes) is 2. The number of nitrogens with one attached hydrogen (secondary N) is 1. The maximum Gasteiger partial charge on any atom is 0.0636 e. The Labute approximate surface area is 76.0 Å². The van der Waals surface area contributed by atoms with Gasteiger partial charge in [-0.1, -0.05) is 32.8 Å². The molecule has 12 heavy (non-hydrogen) atoms. The third kappa shape index (κ3) is 6.23. The van der Waals surface area contributed by atoms with Gasteiger partial charge in [-0.05, 0) is 19.3 Å². The normalized spacial score (nSPS) is 11.8. The van der Waals surface area contributed by atoms with Crippen LogP contribution in [-0.4, -0.2) is 7.11 Å². The van der Waals surface area contributed by atoms with Crippen LogP contribution in [0.2, 0.25) is 0 Å². The van der Waals surface area contributed by atoms with E-state index < -0.39 is 0 Å². The largest absolute Gasteiger partial charge is 0.280 e. The molecule has 2 nitrogen and oxygen atoms in total. The summed E-state index contributed by atoms with van der Waals surface area (Å²) in [6.45, 7) is 4.38. The van der Waals surface area contributed by atoms with E-state index in [1.165, 1.54) is 25.0 Å². The first-order valence-electron chi connectivity index (χ1n) is 4.83. The Morgan fingerprint density at radius 2 is 2.08 bits per heavy atom. The summed E-state index contributed by atoms with van der Waals surface area (Å²) >= 11 is 0. The van der Waals surface area contributed by atoms with E-state index in [1.54, 1.807) is 7.11 Å². The number of hydrogen-bond donors (Lipinski definition) is 1. The lowest BCUT2D eigenvalue weighted by Crippen LogP contribution is -2.11. The standard InChI is InChI=1S/C10H21NO/c1-4-6-8-10(11-12-3)9-7-5-2/h8,11H,4-7,9H2,1-3H3. The maximum atomic E-state index is 4.88. The van der Waals surface area contributed by atoms with E-state index in [-0.39, 0.29) is 0 Å². The number of rotatable bonds is 7. The van der Waals surface area contributed by atoms with Gasteiger partial charge < -0.3 is 0 Å². The number of hydrogen-bond acceptors (Lipinski definition) is 2. The summed E-state index contributed by atoms with van der Waals surface area (Å²) in [4.78, 5) is 4.88. The van der Waals surface area contributed by atoms with Crippen molar-refractivity contribution in [3.8, 4) is 0 Å². The van der Waals surface area contributed by atoms with Gasteiger partial charge in [0.2, 0.25) is 0 Å². The summed E-state index contributed by atoms with van der Waals surface area (Å²) in [6.07, 6.45) is 8.11. The van der Waals surface area contributed by atoms with Crippen molar-refractivity contribution in [2.45, 2.75) is 46.0 Å². The van der Waals surface area contributed by atoms with E-state index in [0.717, 1.165) is 12.8 Å². The summed E-state index contributed by atoms with van der Waals surface area (Å²) in [5.41, 5.74) is 4.14. The van der Waals surface area contributed by atoms with Crippen LogP contribution >= 0.6 is 0 Å². The van der Waals surface area contributed by atoms with Gasteiger partial charge in [-0.2, -0.15) is 0 Å². The summed E-state index contributed by atoms with van der Waals surface area (Å²) in [7, 11) is 1.66. The van der Waals surface area contributed by atoms with Crippen LogP contribution in [0.4, 0.5) is 0 Å². The molecule has 0 aliphatic carbocycles. The van der Waals surface area contributed by atoms with Crippen LogP contribution in [0.25, 0.3) is 0 Å². The van der Waals surface area contributed by atoms with Crippen molar-refractivity contribution in [1.82, 2.24) is 5.48 Å². The fourth-order valence-corrected chi connectivity index (χ4v) is 1.01. The minimum atomic E-state index is 1.10. The Hall–Kier alpha value is -0.500. The molecule has 72 valence electrons. The van der Waals surface area contributed by atoms with Crippen molar-refractivity contribution in [2.24, 2.45) is 0 Å². The van der Waals surface area contributed by atoms with Gasteiger partial charge in [-0.3, -0.25) is 10.3 Å². The molecule has 0 aromatic heterocycles. The Balaban J connectivity index is 3.68. The Kier molecular flexibility index (Phi) is 8.24. The predicted molar refractivity (Wildman–Crippen MR) is 52.7 cm³/mol. The van der Waals surface area contributed by atoms with E-state index in [2.05, 4.69) is 25.4 Å². The lowest BCUT2D eigenvalue weighted by Gasteiger charge is -2.07. The molecular formula is C10H21NO. The van der Waals surface area contributed by atoms with E-state index >= 15 is 0 Å². The van der Waals surface area contributed by atoms with Gasteiger partial charge in [-0.25, -0.2) is 0 Å². The quantitative estimate of drug-likeness (QED) is 0.594. The molecule has 0 aliphatic heterocycles. The molecule has 0 aromatic rings. The van der Waals surface area contributed by atoms with Gasteiger partial charge in [0.15, 0.2) is 0 Å². The molecule has 0 fully saturated rings. The van der Waals surface area contributed by atoms with Crippen molar-refractivity contribution in [1.29, 1.82) is 0 Å². The number of allylic oxidation sites excluding steroid dienone is 2.